The van der Waals surface area contributed by atoms with Crippen LogP contribution < -0.4 is 4.90 Å². The molecular formula is C16H23ClN2O3S. The molecule has 23 heavy (non-hydrogen) atoms. The molecule has 2 heterocycles. The molecule has 0 atom stereocenters. The summed E-state index contributed by atoms with van der Waals surface area (Å²) in [6.07, 6.45) is 1.69. The highest BCUT2D eigenvalue weighted by molar-refractivity contribution is 7.89. The lowest BCUT2D eigenvalue weighted by Crippen LogP contribution is -2.50. The molecule has 0 aromatic heterocycles. The van der Waals surface area contributed by atoms with Gasteiger partial charge in [-0.3, -0.25) is 0 Å². The van der Waals surface area contributed by atoms with Crippen LogP contribution in [-0.2, 0) is 14.8 Å². The smallest absolute Gasteiger partial charge is 0.214 e. The van der Waals surface area contributed by atoms with Crippen LogP contribution in [0.5, 0.6) is 0 Å². The topological polar surface area (TPSA) is 49.9 Å². The second-order valence-electron chi connectivity index (χ2n) is 6.17. The third kappa shape index (κ3) is 4.18. The first kappa shape index (κ1) is 17.0. The summed E-state index contributed by atoms with van der Waals surface area (Å²) in [6, 6.07) is 7.70. The minimum Gasteiger partial charge on any atom is -0.381 e. The molecule has 0 saturated carbocycles. The van der Waals surface area contributed by atoms with Gasteiger partial charge in [0.1, 0.15) is 0 Å². The fourth-order valence-electron chi connectivity index (χ4n) is 3.23. The highest BCUT2D eigenvalue weighted by atomic mass is 35.5. The number of piperazine rings is 1. The molecule has 1 aromatic rings. The van der Waals surface area contributed by atoms with Crippen molar-refractivity contribution in [3.63, 3.8) is 0 Å². The van der Waals surface area contributed by atoms with Crippen LogP contribution >= 0.6 is 11.6 Å². The van der Waals surface area contributed by atoms with Crippen molar-refractivity contribution in [1.82, 2.24) is 4.31 Å². The predicted octanol–water partition coefficient (Wildman–Crippen LogP) is 2.22. The number of para-hydroxylation sites is 1. The third-order valence-electron chi connectivity index (χ3n) is 4.61. The number of ether oxygens (including phenoxy) is 1. The van der Waals surface area contributed by atoms with Gasteiger partial charge < -0.3 is 9.64 Å². The largest absolute Gasteiger partial charge is 0.381 e. The van der Waals surface area contributed by atoms with Crippen LogP contribution in [0.2, 0.25) is 5.02 Å². The summed E-state index contributed by atoms with van der Waals surface area (Å²) in [5.41, 5.74) is 0.982. The Morgan fingerprint density at radius 3 is 2.39 bits per heavy atom. The standard InChI is InChI=1S/C16H23ClN2O3S/c17-15-3-1-2-4-16(15)18-7-9-19(10-8-18)23(20,21)13-14-5-11-22-12-6-14/h1-4,14H,5-13H2. The van der Waals surface area contributed by atoms with Gasteiger partial charge in [-0.15, -0.1) is 0 Å². The van der Waals surface area contributed by atoms with E-state index in [1.54, 1.807) is 4.31 Å². The SMILES string of the molecule is O=S(=O)(CC1CCOCC1)N1CCN(c2ccccc2Cl)CC1. The molecule has 0 aliphatic carbocycles. The molecule has 2 saturated heterocycles. The molecule has 0 N–H and O–H groups in total. The summed E-state index contributed by atoms with van der Waals surface area (Å²) in [6.45, 7) is 3.77. The van der Waals surface area contributed by atoms with Gasteiger partial charge in [0.05, 0.1) is 16.5 Å². The first-order valence-electron chi connectivity index (χ1n) is 8.11. The van der Waals surface area contributed by atoms with Crippen molar-refractivity contribution in [2.45, 2.75) is 12.8 Å². The molecule has 2 fully saturated rings. The van der Waals surface area contributed by atoms with E-state index in [2.05, 4.69) is 4.90 Å². The summed E-state index contributed by atoms with van der Waals surface area (Å²) < 4.78 is 32.2. The van der Waals surface area contributed by atoms with Gasteiger partial charge in [0, 0.05) is 39.4 Å². The Morgan fingerprint density at radius 1 is 1.09 bits per heavy atom. The monoisotopic (exact) mass is 358 g/mol. The number of halogens is 1. The van der Waals surface area contributed by atoms with Crippen molar-refractivity contribution in [2.24, 2.45) is 5.92 Å². The predicted molar refractivity (Wildman–Crippen MR) is 92.6 cm³/mol. The van der Waals surface area contributed by atoms with Gasteiger partial charge in [0.15, 0.2) is 0 Å². The first-order valence-corrected chi connectivity index (χ1v) is 10.1. The van der Waals surface area contributed by atoms with Crippen molar-refractivity contribution >= 4 is 27.3 Å². The molecule has 0 spiro atoms. The quantitative estimate of drug-likeness (QED) is 0.828. The Kier molecular flexibility index (Phi) is 5.46. The molecule has 2 aliphatic rings. The molecule has 1 aromatic carbocycles. The molecule has 128 valence electrons. The maximum absolute atomic E-state index is 12.6. The van der Waals surface area contributed by atoms with E-state index >= 15 is 0 Å². The normalized spacial score (nSPS) is 21.5. The van der Waals surface area contributed by atoms with Crippen LogP contribution in [0.4, 0.5) is 5.69 Å². The number of hydrogen-bond donors (Lipinski definition) is 0. The van der Waals surface area contributed by atoms with Crippen molar-refractivity contribution < 1.29 is 13.2 Å². The summed E-state index contributed by atoms with van der Waals surface area (Å²) in [5, 5.41) is 0.714. The van der Waals surface area contributed by atoms with Crippen molar-refractivity contribution in [1.29, 1.82) is 0 Å². The molecule has 3 rings (SSSR count). The maximum atomic E-state index is 12.6. The number of hydrogen-bond acceptors (Lipinski definition) is 4. The Bertz CT molecular complexity index is 624. The van der Waals surface area contributed by atoms with Crippen LogP contribution in [0, 0.1) is 5.92 Å². The van der Waals surface area contributed by atoms with Gasteiger partial charge in [0.25, 0.3) is 0 Å². The minimum absolute atomic E-state index is 0.232. The highest BCUT2D eigenvalue weighted by Crippen LogP contribution is 2.27. The van der Waals surface area contributed by atoms with Crippen LogP contribution in [0.15, 0.2) is 24.3 Å². The zero-order chi connectivity index (χ0) is 16.3. The molecule has 0 radical (unpaired) electrons. The summed E-state index contributed by atoms with van der Waals surface area (Å²) in [7, 11) is -3.18. The van der Waals surface area contributed by atoms with Gasteiger partial charge in [-0.2, -0.15) is 4.31 Å². The van der Waals surface area contributed by atoms with Crippen LogP contribution in [0.1, 0.15) is 12.8 Å². The van der Waals surface area contributed by atoms with Crippen LogP contribution in [0.3, 0.4) is 0 Å². The second-order valence-corrected chi connectivity index (χ2v) is 8.59. The number of anilines is 1. The van der Waals surface area contributed by atoms with Gasteiger partial charge in [0.2, 0.25) is 10.0 Å². The highest BCUT2D eigenvalue weighted by Gasteiger charge is 2.30. The number of nitrogens with zero attached hydrogens (tertiary/aromatic N) is 2. The molecule has 0 amide bonds. The Morgan fingerprint density at radius 2 is 1.74 bits per heavy atom. The van der Waals surface area contributed by atoms with Crippen LogP contribution in [0.25, 0.3) is 0 Å². The number of benzene rings is 1. The molecule has 5 nitrogen and oxygen atoms in total. The minimum atomic E-state index is -3.18. The number of sulfonamides is 1. The fourth-order valence-corrected chi connectivity index (χ4v) is 5.35. The van der Waals surface area contributed by atoms with Gasteiger partial charge in [-0.1, -0.05) is 23.7 Å². The summed E-state index contributed by atoms with van der Waals surface area (Å²) in [4.78, 5) is 2.16. The van der Waals surface area contributed by atoms with E-state index in [9.17, 15) is 8.42 Å². The zero-order valence-electron chi connectivity index (χ0n) is 13.2. The van der Waals surface area contributed by atoms with Gasteiger partial charge in [-0.05, 0) is 30.9 Å². The summed E-state index contributed by atoms with van der Waals surface area (Å²) in [5.74, 6) is 0.484. The van der Waals surface area contributed by atoms with Gasteiger partial charge >= 0.3 is 0 Å². The van der Waals surface area contributed by atoms with E-state index in [1.165, 1.54) is 0 Å². The van der Waals surface area contributed by atoms with E-state index in [-0.39, 0.29) is 11.7 Å². The van der Waals surface area contributed by atoms with E-state index in [0.29, 0.717) is 44.4 Å². The second kappa shape index (κ2) is 7.38. The molecule has 0 bridgehead atoms. The maximum Gasteiger partial charge on any atom is 0.214 e. The average Bonchev–Trinajstić information content (AvgIpc) is 2.56. The molecule has 2 aliphatic heterocycles. The molecular weight excluding hydrogens is 336 g/mol. The lowest BCUT2D eigenvalue weighted by Gasteiger charge is -2.36. The van der Waals surface area contributed by atoms with Gasteiger partial charge in [-0.25, -0.2) is 8.42 Å². The molecule has 0 unspecified atom stereocenters. The van der Waals surface area contributed by atoms with E-state index in [0.717, 1.165) is 18.5 Å². The molecule has 7 heteroatoms. The van der Waals surface area contributed by atoms with E-state index in [4.69, 9.17) is 16.3 Å². The summed E-state index contributed by atoms with van der Waals surface area (Å²) >= 11 is 6.23. The lowest BCUT2D eigenvalue weighted by molar-refractivity contribution is 0.0720. The van der Waals surface area contributed by atoms with Crippen LogP contribution in [-0.4, -0.2) is 57.9 Å². The Hall–Kier alpha value is -0.820. The number of rotatable bonds is 4. The Labute approximate surface area is 143 Å². The van der Waals surface area contributed by atoms with E-state index < -0.39 is 10.0 Å². The average molecular weight is 359 g/mol. The van der Waals surface area contributed by atoms with E-state index in [1.807, 2.05) is 24.3 Å². The van der Waals surface area contributed by atoms with Crippen molar-refractivity contribution in [3.8, 4) is 0 Å². The first-order chi connectivity index (χ1) is 11.1. The van der Waals surface area contributed by atoms with Crippen molar-refractivity contribution in [3.05, 3.63) is 29.3 Å². The third-order valence-corrected chi connectivity index (χ3v) is 6.98. The zero-order valence-corrected chi connectivity index (χ0v) is 14.7. The lowest BCUT2D eigenvalue weighted by atomic mass is 10.0. The Balaban J connectivity index is 1.58. The van der Waals surface area contributed by atoms with Crippen molar-refractivity contribution in [2.75, 3.05) is 50.0 Å². The fraction of sp³-hybridized carbons (Fsp3) is 0.625.